The van der Waals surface area contributed by atoms with Gasteiger partial charge < -0.3 is 4.74 Å². The van der Waals surface area contributed by atoms with E-state index in [0.717, 1.165) is 6.08 Å². The number of hydrazine groups is 1. The van der Waals surface area contributed by atoms with Gasteiger partial charge in [0, 0.05) is 14.1 Å². The summed E-state index contributed by atoms with van der Waals surface area (Å²) in [6.45, 7) is 2.16. The highest BCUT2D eigenvalue weighted by Gasteiger charge is 1.97. The Balaban J connectivity index is 0. The first-order chi connectivity index (χ1) is 5.58. The normalized spacial score (nSPS) is 7.67. The molecule has 6 heteroatoms. The number of isocyanates is 1. The first-order valence-electron chi connectivity index (χ1n) is 3.23. The van der Waals surface area contributed by atoms with Crippen LogP contribution in [0.3, 0.4) is 0 Å². The topological polar surface area (TPSA) is 82.5 Å². The third-order valence-electron chi connectivity index (χ3n) is 0.590. The molecule has 70 valence electrons. The van der Waals surface area contributed by atoms with Crippen molar-refractivity contribution < 1.29 is 14.3 Å². The van der Waals surface area contributed by atoms with Crippen LogP contribution in [0.4, 0.5) is 4.79 Å². The van der Waals surface area contributed by atoms with Gasteiger partial charge in [0.15, 0.2) is 0 Å². The van der Waals surface area contributed by atoms with Crippen molar-refractivity contribution >= 4 is 12.2 Å². The number of rotatable bonds is 2. The Morgan fingerprint density at radius 3 is 2.33 bits per heavy atom. The molecule has 0 radical (unpaired) electrons. The highest BCUT2D eigenvalue weighted by Crippen LogP contribution is 1.75. The summed E-state index contributed by atoms with van der Waals surface area (Å²) in [6, 6.07) is 0. The molecule has 0 aliphatic rings. The Hall–Kier alpha value is -1.39. The zero-order valence-corrected chi connectivity index (χ0v) is 7.38. The highest BCUT2D eigenvalue weighted by atomic mass is 16.6. The van der Waals surface area contributed by atoms with E-state index >= 15 is 0 Å². The van der Waals surface area contributed by atoms with Crippen LogP contribution in [0.25, 0.3) is 0 Å². The van der Waals surface area contributed by atoms with Crippen LogP contribution in [0.1, 0.15) is 6.92 Å². The maximum atomic E-state index is 10.5. The van der Waals surface area contributed by atoms with Gasteiger partial charge >= 0.3 is 6.09 Å². The van der Waals surface area contributed by atoms with Crippen molar-refractivity contribution in [3.05, 3.63) is 0 Å². The van der Waals surface area contributed by atoms with Crippen molar-refractivity contribution in [2.45, 2.75) is 6.92 Å². The van der Waals surface area contributed by atoms with Gasteiger partial charge in [0.05, 0.1) is 6.61 Å². The molecule has 0 saturated carbocycles. The van der Waals surface area contributed by atoms with E-state index in [4.69, 9.17) is 10.2 Å². The number of ether oxygens (including phenoxy) is 1. The molecule has 0 aliphatic carbocycles. The van der Waals surface area contributed by atoms with E-state index in [9.17, 15) is 4.79 Å². The number of nitrogens with one attached hydrogen (secondary N) is 2. The second-order valence-electron chi connectivity index (χ2n) is 1.83. The predicted molar refractivity (Wildman–Crippen MR) is 42.3 cm³/mol. The molecule has 2 N–H and O–H groups in total. The fourth-order valence-electron chi connectivity index (χ4n) is 0.346. The van der Waals surface area contributed by atoms with Crippen molar-refractivity contribution in [2.24, 2.45) is 0 Å². The van der Waals surface area contributed by atoms with Crippen LogP contribution in [0.15, 0.2) is 0 Å². The van der Waals surface area contributed by atoms with Crippen LogP contribution < -0.4 is 5.43 Å². The Morgan fingerprint density at radius 2 is 2.08 bits per heavy atom. The van der Waals surface area contributed by atoms with Crippen LogP contribution in [0.5, 0.6) is 0 Å². The lowest BCUT2D eigenvalue weighted by Gasteiger charge is -2.10. The third kappa shape index (κ3) is 15.8. The van der Waals surface area contributed by atoms with Gasteiger partial charge in [-0.25, -0.2) is 20.0 Å². The fourth-order valence-corrected chi connectivity index (χ4v) is 0.346. The van der Waals surface area contributed by atoms with Crippen LogP contribution >= 0.6 is 0 Å². The molecule has 0 aliphatic heterocycles. The van der Waals surface area contributed by atoms with E-state index in [-0.39, 0.29) is 0 Å². The predicted octanol–water partition coefficient (Wildman–Crippen LogP) is 0.110. The van der Waals surface area contributed by atoms with Crippen molar-refractivity contribution in [1.29, 1.82) is 5.41 Å². The zero-order chi connectivity index (χ0) is 9.98. The highest BCUT2D eigenvalue weighted by molar-refractivity contribution is 5.66. The molecule has 12 heavy (non-hydrogen) atoms. The summed E-state index contributed by atoms with van der Waals surface area (Å²) in [5.41, 5.74) is 2.42. The number of hydrogen-bond acceptors (Lipinski definition) is 5. The van der Waals surface area contributed by atoms with E-state index < -0.39 is 6.09 Å². The minimum absolute atomic E-state index is 0.402. The minimum Gasteiger partial charge on any atom is -0.449 e. The largest absolute Gasteiger partial charge is 0.449 e. The van der Waals surface area contributed by atoms with E-state index in [1.165, 1.54) is 5.01 Å². The van der Waals surface area contributed by atoms with Gasteiger partial charge in [-0.15, -0.1) is 0 Å². The maximum Gasteiger partial charge on any atom is 0.421 e. The number of carbonyl (C=O) groups excluding carboxylic acids is 2. The van der Waals surface area contributed by atoms with Crippen molar-refractivity contribution in [2.75, 3.05) is 20.7 Å². The fraction of sp³-hybridized carbons (Fsp3) is 0.667. The lowest BCUT2D eigenvalue weighted by Crippen LogP contribution is -2.36. The minimum atomic E-state index is -0.414. The molecule has 0 fully saturated rings. The van der Waals surface area contributed by atoms with E-state index in [1.54, 1.807) is 21.0 Å². The zero-order valence-electron chi connectivity index (χ0n) is 7.38. The Labute approximate surface area is 71.0 Å². The van der Waals surface area contributed by atoms with Gasteiger partial charge in [0.1, 0.15) is 0 Å². The van der Waals surface area contributed by atoms with Crippen molar-refractivity contribution in [3.63, 3.8) is 0 Å². The Kier molecular flexibility index (Phi) is 10.6. The Bertz CT molecular complexity index is 152. The molecule has 6 nitrogen and oxygen atoms in total. The summed E-state index contributed by atoms with van der Waals surface area (Å²) in [5.74, 6) is 0. The molecular formula is C6H13N3O3. The van der Waals surface area contributed by atoms with Crippen LogP contribution in [-0.2, 0) is 9.53 Å². The lowest BCUT2D eigenvalue weighted by molar-refractivity contribution is 0.127. The quantitative estimate of drug-likeness (QED) is 0.354. The second-order valence-corrected chi connectivity index (χ2v) is 1.83. The van der Waals surface area contributed by atoms with Gasteiger partial charge in [-0.3, -0.25) is 5.43 Å². The summed E-state index contributed by atoms with van der Waals surface area (Å²) in [4.78, 5) is 18.8. The second kappa shape index (κ2) is 9.61. The molecule has 0 aromatic rings. The average molecular weight is 175 g/mol. The molecule has 0 unspecified atom stereocenters. The molecule has 0 heterocycles. The standard InChI is InChI=1S/C5H12N2O2.CHNO/c1-4-9-5(8)6-7(2)3;2-1-3/h4H2,1-3H3,(H,6,8);2H. The number of carbonyl (C=O) groups is 1. The Morgan fingerprint density at radius 1 is 1.67 bits per heavy atom. The molecule has 0 rings (SSSR count). The van der Waals surface area contributed by atoms with Gasteiger partial charge in [-0.05, 0) is 6.92 Å². The van der Waals surface area contributed by atoms with E-state index in [1.807, 2.05) is 0 Å². The molecule has 0 atom stereocenters. The van der Waals surface area contributed by atoms with E-state index in [2.05, 4.69) is 10.2 Å². The van der Waals surface area contributed by atoms with Crippen LogP contribution in [0, 0.1) is 5.41 Å². The maximum absolute atomic E-state index is 10.5. The first kappa shape index (κ1) is 13.2. The van der Waals surface area contributed by atoms with Crippen LogP contribution in [0.2, 0.25) is 0 Å². The summed E-state index contributed by atoms with van der Waals surface area (Å²) in [6.07, 6.45) is 0.336. The SMILES string of the molecule is CCOC(=O)NN(C)C.N=C=O. The van der Waals surface area contributed by atoms with Gasteiger partial charge in [0.25, 0.3) is 0 Å². The molecule has 0 saturated heterocycles. The summed E-state index contributed by atoms with van der Waals surface area (Å²) in [7, 11) is 3.44. The molecule has 1 amide bonds. The molecule has 0 spiro atoms. The number of nitrogens with zero attached hydrogens (tertiary/aromatic N) is 1. The van der Waals surface area contributed by atoms with Crippen molar-refractivity contribution in [1.82, 2.24) is 10.4 Å². The molecule has 0 aromatic heterocycles. The van der Waals surface area contributed by atoms with Gasteiger partial charge in [-0.2, -0.15) is 0 Å². The van der Waals surface area contributed by atoms with Gasteiger partial charge in [-0.1, -0.05) is 0 Å². The van der Waals surface area contributed by atoms with Gasteiger partial charge in [0.2, 0.25) is 6.08 Å². The summed E-state index contributed by atoms with van der Waals surface area (Å²) >= 11 is 0. The first-order valence-corrected chi connectivity index (χ1v) is 3.23. The third-order valence-corrected chi connectivity index (χ3v) is 0.590. The summed E-state index contributed by atoms with van der Waals surface area (Å²) in [5, 5.41) is 6.93. The summed E-state index contributed by atoms with van der Waals surface area (Å²) < 4.78 is 4.56. The number of amides is 1. The van der Waals surface area contributed by atoms with Crippen molar-refractivity contribution in [3.8, 4) is 0 Å². The number of hydrogen-bond donors (Lipinski definition) is 2. The molecular weight excluding hydrogens is 162 g/mol. The monoisotopic (exact) mass is 175 g/mol. The molecule has 0 bridgehead atoms. The van der Waals surface area contributed by atoms with E-state index in [0.29, 0.717) is 6.61 Å². The lowest BCUT2D eigenvalue weighted by atomic mass is 10.9. The average Bonchev–Trinajstić information content (AvgIpc) is 1.87. The van der Waals surface area contributed by atoms with Crippen LogP contribution in [-0.4, -0.2) is 37.9 Å². The smallest absolute Gasteiger partial charge is 0.421 e. The molecule has 0 aromatic carbocycles.